The van der Waals surface area contributed by atoms with Crippen LogP contribution in [0.15, 0.2) is 24.3 Å². The predicted octanol–water partition coefficient (Wildman–Crippen LogP) is 6.77. The number of allylic oxidation sites excluding steroid dienone is 1. The molecule has 0 aliphatic carbocycles. The van der Waals surface area contributed by atoms with Gasteiger partial charge in [-0.2, -0.15) is 10.4 Å². The zero-order chi connectivity index (χ0) is 26.3. The minimum absolute atomic E-state index is 0.0130. The second-order valence-electron chi connectivity index (χ2n) is 9.90. The Bertz CT molecular complexity index is 1090. The largest absolute Gasteiger partial charge is 0.511 e. The molecular weight excluding hydrogens is 442 g/mol. The molecule has 0 fully saturated rings. The van der Waals surface area contributed by atoms with Crippen LogP contribution in [0.5, 0.6) is 0 Å². The van der Waals surface area contributed by atoms with Gasteiger partial charge < -0.3 is 14.2 Å². The number of hydrogen-bond acceptors (Lipinski definition) is 6. The zero-order valence-corrected chi connectivity index (χ0v) is 22.6. The van der Waals surface area contributed by atoms with Gasteiger partial charge in [-0.25, -0.2) is 4.79 Å². The molecule has 0 saturated carbocycles. The maximum absolute atomic E-state index is 12.2. The van der Waals surface area contributed by atoms with Crippen LogP contribution in [0.3, 0.4) is 0 Å². The van der Waals surface area contributed by atoms with Crippen LogP contribution in [0.2, 0.25) is 0 Å². The summed E-state index contributed by atoms with van der Waals surface area (Å²) in [4.78, 5) is 12.2. The normalized spacial score (nSPS) is 13.9. The van der Waals surface area contributed by atoms with E-state index in [1.54, 1.807) is 11.6 Å². The van der Waals surface area contributed by atoms with E-state index in [0.29, 0.717) is 29.1 Å². The maximum Gasteiger partial charge on any atom is 0.511 e. The van der Waals surface area contributed by atoms with E-state index in [4.69, 9.17) is 14.2 Å². The smallest absolute Gasteiger partial charge is 0.451 e. The van der Waals surface area contributed by atoms with Crippen LogP contribution in [0.25, 0.3) is 11.3 Å². The average molecular weight is 482 g/mol. The second kappa shape index (κ2) is 11.9. The molecule has 2 unspecified atom stereocenters. The summed E-state index contributed by atoms with van der Waals surface area (Å²) in [6.07, 6.45) is -0.889. The van der Waals surface area contributed by atoms with Crippen molar-refractivity contribution in [2.45, 2.75) is 87.0 Å². The molecule has 0 radical (unpaired) electrons. The van der Waals surface area contributed by atoms with Crippen molar-refractivity contribution >= 4 is 17.5 Å². The highest BCUT2D eigenvalue weighted by Crippen LogP contribution is 2.33. The third-order valence-corrected chi connectivity index (χ3v) is 6.05. The summed E-state index contributed by atoms with van der Waals surface area (Å²) in [5, 5.41) is 14.8. The highest BCUT2D eigenvalue weighted by molar-refractivity contribution is 5.94. The number of aryl methyl sites for hydroxylation is 2. The number of nitrogens with zero attached hydrogens (tertiary/aromatic N) is 3. The van der Waals surface area contributed by atoms with E-state index in [9.17, 15) is 10.1 Å². The summed E-state index contributed by atoms with van der Waals surface area (Å²) in [5.41, 5.74) is 4.62. The van der Waals surface area contributed by atoms with E-state index in [0.717, 1.165) is 23.2 Å². The van der Waals surface area contributed by atoms with Gasteiger partial charge in [0.15, 0.2) is 5.76 Å². The van der Waals surface area contributed by atoms with Crippen LogP contribution < -0.4 is 0 Å². The lowest BCUT2D eigenvalue weighted by Gasteiger charge is -2.21. The Morgan fingerprint density at radius 2 is 1.74 bits per heavy atom. The van der Waals surface area contributed by atoms with Gasteiger partial charge in [-0.1, -0.05) is 65.3 Å². The first kappa shape index (κ1) is 28.0. The summed E-state index contributed by atoms with van der Waals surface area (Å²) in [6, 6.07) is 10.2. The SMILES string of the molecule is CCC(C)COC(=O)OC(C)O/C(=C(/C#N)c1ccc(C(C)(C)C)cc1)c1c(C)c(C)nn1CC. The van der Waals surface area contributed by atoms with Gasteiger partial charge in [0, 0.05) is 19.0 Å². The molecule has 0 spiro atoms. The third-order valence-electron chi connectivity index (χ3n) is 6.05. The molecule has 0 bridgehead atoms. The molecule has 0 aliphatic rings. The zero-order valence-electron chi connectivity index (χ0n) is 22.6. The monoisotopic (exact) mass is 481 g/mol. The van der Waals surface area contributed by atoms with Crippen LogP contribution in [0.1, 0.15) is 83.0 Å². The van der Waals surface area contributed by atoms with E-state index in [1.807, 2.05) is 58.9 Å². The fraction of sp³-hybridized carbons (Fsp3) is 0.536. The second-order valence-corrected chi connectivity index (χ2v) is 9.90. The van der Waals surface area contributed by atoms with E-state index in [2.05, 4.69) is 31.9 Å². The van der Waals surface area contributed by atoms with E-state index in [1.165, 1.54) is 0 Å². The van der Waals surface area contributed by atoms with Crippen molar-refractivity contribution in [3.63, 3.8) is 0 Å². The number of nitriles is 1. The summed E-state index contributed by atoms with van der Waals surface area (Å²) in [7, 11) is 0. The lowest BCUT2D eigenvalue weighted by Crippen LogP contribution is -2.21. The van der Waals surface area contributed by atoms with Crippen molar-refractivity contribution in [1.29, 1.82) is 5.26 Å². The molecule has 7 heteroatoms. The third kappa shape index (κ3) is 7.11. The molecule has 0 amide bonds. The first-order valence-electron chi connectivity index (χ1n) is 12.2. The first-order chi connectivity index (χ1) is 16.4. The minimum Gasteiger partial charge on any atom is -0.451 e. The summed E-state index contributed by atoms with van der Waals surface area (Å²) < 4.78 is 18.5. The molecule has 0 N–H and O–H groups in total. The Balaban J connectivity index is 2.51. The van der Waals surface area contributed by atoms with Crippen LogP contribution in [-0.2, 0) is 26.2 Å². The minimum atomic E-state index is -0.980. The molecule has 0 saturated heterocycles. The highest BCUT2D eigenvalue weighted by Gasteiger charge is 2.25. The van der Waals surface area contributed by atoms with Crippen molar-refractivity contribution in [2.24, 2.45) is 5.92 Å². The van der Waals surface area contributed by atoms with E-state index >= 15 is 0 Å². The fourth-order valence-electron chi connectivity index (χ4n) is 3.49. The number of rotatable bonds is 9. The molecule has 2 aromatic rings. The van der Waals surface area contributed by atoms with Crippen LogP contribution in [-0.4, -0.2) is 28.8 Å². The van der Waals surface area contributed by atoms with Crippen molar-refractivity contribution in [3.05, 3.63) is 52.3 Å². The molecule has 35 heavy (non-hydrogen) atoms. The number of carbonyl (C=O) groups excluding carboxylic acids is 1. The summed E-state index contributed by atoms with van der Waals surface area (Å²) in [6.45, 7) is 18.8. The Morgan fingerprint density at radius 3 is 2.26 bits per heavy atom. The van der Waals surface area contributed by atoms with Gasteiger partial charge in [0.05, 0.1) is 12.3 Å². The Morgan fingerprint density at radius 1 is 1.11 bits per heavy atom. The molecule has 0 aliphatic heterocycles. The van der Waals surface area contributed by atoms with E-state index in [-0.39, 0.29) is 17.9 Å². The fourth-order valence-corrected chi connectivity index (χ4v) is 3.49. The topological polar surface area (TPSA) is 86.4 Å². The molecule has 1 heterocycles. The van der Waals surface area contributed by atoms with Crippen LogP contribution >= 0.6 is 0 Å². The van der Waals surface area contributed by atoms with Gasteiger partial charge in [0.1, 0.15) is 17.3 Å². The molecule has 1 aromatic carbocycles. The molecular formula is C28H39N3O4. The van der Waals surface area contributed by atoms with Gasteiger partial charge in [0.2, 0.25) is 6.29 Å². The summed E-state index contributed by atoms with van der Waals surface area (Å²) in [5.74, 6) is 0.554. The molecule has 2 rings (SSSR count). The lowest BCUT2D eigenvalue weighted by molar-refractivity contribution is -0.0695. The van der Waals surface area contributed by atoms with Crippen molar-refractivity contribution in [2.75, 3.05) is 6.61 Å². The van der Waals surface area contributed by atoms with Gasteiger partial charge >= 0.3 is 6.16 Å². The molecule has 1 aromatic heterocycles. The van der Waals surface area contributed by atoms with Gasteiger partial charge in [0.25, 0.3) is 0 Å². The van der Waals surface area contributed by atoms with Crippen molar-refractivity contribution in [1.82, 2.24) is 9.78 Å². The summed E-state index contributed by atoms with van der Waals surface area (Å²) >= 11 is 0. The quantitative estimate of drug-likeness (QED) is 0.170. The number of benzene rings is 1. The van der Waals surface area contributed by atoms with Crippen LogP contribution in [0, 0.1) is 31.1 Å². The van der Waals surface area contributed by atoms with Crippen LogP contribution in [0.4, 0.5) is 4.79 Å². The van der Waals surface area contributed by atoms with E-state index < -0.39 is 12.4 Å². The first-order valence-corrected chi connectivity index (χ1v) is 12.2. The maximum atomic E-state index is 12.2. The number of aromatic nitrogens is 2. The average Bonchev–Trinajstić information content (AvgIpc) is 3.10. The molecule has 7 nitrogen and oxygen atoms in total. The van der Waals surface area contributed by atoms with Crippen molar-refractivity contribution < 1.29 is 19.0 Å². The Labute approximate surface area is 209 Å². The number of carbonyl (C=O) groups is 1. The number of ether oxygens (including phenoxy) is 3. The molecule has 190 valence electrons. The standard InChI is InChI=1S/C28H39N3O4/c1-10-18(3)17-33-27(32)35-21(6)34-26(25-19(4)20(5)30-31(25)11-2)24(16-29)22-12-14-23(15-13-22)28(7,8)9/h12-15,18,21H,10-11,17H2,1-9H3/b26-24-. The van der Waals surface area contributed by atoms with Gasteiger partial charge in [-0.05, 0) is 43.2 Å². The van der Waals surface area contributed by atoms with Gasteiger partial charge in [-0.15, -0.1) is 0 Å². The van der Waals surface area contributed by atoms with Crippen molar-refractivity contribution in [3.8, 4) is 6.07 Å². The predicted molar refractivity (Wildman–Crippen MR) is 137 cm³/mol. The highest BCUT2D eigenvalue weighted by atomic mass is 16.8. The lowest BCUT2D eigenvalue weighted by atomic mass is 9.86. The Kier molecular flexibility index (Phi) is 9.53. The molecule has 2 atom stereocenters. The van der Waals surface area contributed by atoms with Gasteiger partial charge in [-0.3, -0.25) is 4.68 Å². The number of hydrogen-bond donors (Lipinski definition) is 0. The Hall–Kier alpha value is -3.27.